The van der Waals surface area contributed by atoms with Crippen molar-refractivity contribution in [1.82, 2.24) is 14.9 Å². The fraction of sp³-hybridized carbons (Fsp3) is 0.444. The molecule has 2 atom stereocenters. The van der Waals surface area contributed by atoms with Crippen LogP contribution in [0.25, 0.3) is 0 Å². The lowest BCUT2D eigenvalue weighted by molar-refractivity contribution is 0.0415. The van der Waals surface area contributed by atoms with E-state index in [4.69, 9.17) is 16.3 Å². The van der Waals surface area contributed by atoms with Crippen LogP contribution in [-0.2, 0) is 6.54 Å². The van der Waals surface area contributed by atoms with Crippen LogP contribution in [-0.4, -0.2) is 33.1 Å². The Hall–Kier alpha value is -1.65. The Kier molecular flexibility index (Phi) is 4.19. The first-order valence-corrected chi connectivity index (χ1v) is 8.59. The van der Waals surface area contributed by atoms with Crippen molar-refractivity contribution in [3.63, 3.8) is 0 Å². The average Bonchev–Trinajstić information content (AvgIpc) is 2.81. The van der Waals surface area contributed by atoms with Crippen molar-refractivity contribution in [3.05, 3.63) is 53.4 Å². The number of halogens is 1. The van der Waals surface area contributed by atoms with Gasteiger partial charge in [-0.15, -0.1) is 0 Å². The molecule has 4 heterocycles. The molecule has 4 nitrogen and oxygen atoms in total. The van der Waals surface area contributed by atoms with Crippen molar-refractivity contribution >= 4 is 11.6 Å². The van der Waals surface area contributed by atoms with E-state index in [0.717, 1.165) is 25.1 Å². The number of ether oxygens (including phenoxy) is 1. The van der Waals surface area contributed by atoms with E-state index < -0.39 is 0 Å². The molecule has 4 rings (SSSR count). The minimum Gasteiger partial charge on any atom is -0.474 e. The molecule has 2 saturated heterocycles. The van der Waals surface area contributed by atoms with Crippen LogP contribution in [0.1, 0.15) is 31.4 Å². The fourth-order valence-electron chi connectivity index (χ4n) is 3.86. The predicted molar refractivity (Wildman–Crippen MR) is 89.5 cm³/mol. The number of pyridine rings is 2. The summed E-state index contributed by atoms with van der Waals surface area (Å²) in [6.07, 6.45) is 8.40. The van der Waals surface area contributed by atoms with Gasteiger partial charge in [0.2, 0.25) is 5.88 Å². The minimum absolute atomic E-state index is 0.251. The molecule has 2 unspecified atom stereocenters. The zero-order valence-electron chi connectivity index (χ0n) is 12.9. The second-order valence-corrected chi connectivity index (χ2v) is 6.84. The number of nitrogens with zero attached hydrogens (tertiary/aromatic N) is 3. The molecular formula is C18H20ClN3O. The Balaban J connectivity index is 1.40. The van der Waals surface area contributed by atoms with Gasteiger partial charge in [-0.05, 0) is 43.9 Å². The van der Waals surface area contributed by atoms with Gasteiger partial charge in [-0.3, -0.25) is 9.88 Å². The van der Waals surface area contributed by atoms with Crippen LogP contribution in [0.15, 0.2) is 42.7 Å². The Bertz CT molecular complexity index is 635. The van der Waals surface area contributed by atoms with Crippen molar-refractivity contribution in [3.8, 4) is 5.88 Å². The highest BCUT2D eigenvalue weighted by Gasteiger charge is 2.41. The fourth-order valence-corrected chi connectivity index (χ4v) is 3.97. The lowest BCUT2D eigenvalue weighted by Gasteiger charge is -2.38. The molecule has 2 aliphatic heterocycles. The molecule has 0 spiro atoms. The van der Waals surface area contributed by atoms with Crippen molar-refractivity contribution in [1.29, 1.82) is 0 Å². The van der Waals surface area contributed by atoms with E-state index >= 15 is 0 Å². The maximum Gasteiger partial charge on any atom is 0.213 e. The number of hydrogen-bond acceptors (Lipinski definition) is 4. The standard InChI is InChI=1S/C18H20ClN3O/c19-13-4-7-18(21-11-13)23-17-9-15-5-6-16(10-17)22(15)12-14-3-1-2-8-20-14/h1-4,7-8,11,15-17H,5-6,9-10,12H2. The molecular weight excluding hydrogens is 310 g/mol. The summed E-state index contributed by atoms with van der Waals surface area (Å²) in [5, 5.41) is 0.641. The van der Waals surface area contributed by atoms with Gasteiger partial charge in [-0.2, -0.15) is 0 Å². The van der Waals surface area contributed by atoms with Crippen molar-refractivity contribution in [2.45, 2.75) is 50.4 Å². The summed E-state index contributed by atoms with van der Waals surface area (Å²) in [5.74, 6) is 0.678. The summed E-state index contributed by atoms with van der Waals surface area (Å²) in [5.41, 5.74) is 1.16. The normalized spacial score (nSPS) is 27.1. The van der Waals surface area contributed by atoms with Gasteiger partial charge in [0.05, 0.1) is 10.7 Å². The van der Waals surface area contributed by atoms with Crippen LogP contribution in [0, 0.1) is 0 Å². The van der Waals surface area contributed by atoms with E-state index in [9.17, 15) is 0 Å². The van der Waals surface area contributed by atoms with Gasteiger partial charge in [0.1, 0.15) is 6.10 Å². The van der Waals surface area contributed by atoms with Gasteiger partial charge < -0.3 is 4.74 Å². The third-order valence-corrected chi connectivity index (χ3v) is 5.12. The first-order valence-electron chi connectivity index (χ1n) is 8.22. The van der Waals surface area contributed by atoms with Gasteiger partial charge in [0, 0.05) is 37.1 Å². The molecule has 0 aromatic carbocycles. The Morgan fingerprint density at radius 1 is 1.09 bits per heavy atom. The van der Waals surface area contributed by atoms with Gasteiger partial charge in [0.15, 0.2) is 0 Å². The molecule has 2 aliphatic rings. The van der Waals surface area contributed by atoms with E-state index in [1.54, 1.807) is 6.20 Å². The van der Waals surface area contributed by atoms with E-state index in [1.807, 2.05) is 24.4 Å². The Labute approximate surface area is 141 Å². The third kappa shape index (κ3) is 3.33. The molecule has 0 radical (unpaired) electrons. The first kappa shape index (κ1) is 14.9. The number of hydrogen-bond donors (Lipinski definition) is 0. The van der Waals surface area contributed by atoms with E-state index in [1.165, 1.54) is 12.8 Å². The molecule has 0 saturated carbocycles. The largest absolute Gasteiger partial charge is 0.474 e. The molecule has 0 N–H and O–H groups in total. The third-order valence-electron chi connectivity index (χ3n) is 4.90. The highest BCUT2D eigenvalue weighted by atomic mass is 35.5. The van der Waals surface area contributed by atoms with Gasteiger partial charge in [0.25, 0.3) is 0 Å². The number of rotatable bonds is 4. The van der Waals surface area contributed by atoms with Crippen LogP contribution < -0.4 is 4.74 Å². The highest BCUT2D eigenvalue weighted by Crippen LogP contribution is 2.37. The summed E-state index contributed by atoms with van der Waals surface area (Å²) >= 11 is 5.88. The lowest BCUT2D eigenvalue weighted by atomic mass is 9.99. The zero-order chi connectivity index (χ0) is 15.6. The molecule has 0 amide bonds. The molecule has 23 heavy (non-hydrogen) atoms. The van der Waals surface area contributed by atoms with E-state index in [0.29, 0.717) is 23.0 Å². The summed E-state index contributed by atoms with van der Waals surface area (Å²) in [7, 11) is 0. The van der Waals surface area contributed by atoms with E-state index in [2.05, 4.69) is 27.0 Å². The second-order valence-electron chi connectivity index (χ2n) is 6.40. The topological polar surface area (TPSA) is 38.2 Å². The molecule has 2 fully saturated rings. The molecule has 2 aromatic rings. The maximum absolute atomic E-state index is 6.08. The second kappa shape index (κ2) is 6.46. The molecule has 2 bridgehead atoms. The smallest absolute Gasteiger partial charge is 0.213 e. The highest BCUT2D eigenvalue weighted by molar-refractivity contribution is 6.30. The lowest BCUT2D eigenvalue weighted by Crippen LogP contribution is -2.45. The molecule has 2 aromatic heterocycles. The Morgan fingerprint density at radius 2 is 1.91 bits per heavy atom. The van der Waals surface area contributed by atoms with Crippen LogP contribution in [0.3, 0.4) is 0 Å². The Morgan fingerprint density at radius 3 is 2.57 bits per heavy atom. The van der Waals surface area contributed by atoms with Crippen molar-refractivity contribution in [2.75, 3.05) is 0 Å². The van der Waals surface area contributed by atoms with Crippen LogP contribution >= 0.6 is 11.6 Å². The quantitative estimate of drug-likeness (QED) is 0.857. The number of aromatic nitrogens is 2. The SMILES string of the molecule is Clc1ccc(OC2CC3CCC(C2)N3Cc2ccccn2)nc1. The zero-order valence-corrected chi connectivity index (χ0v) is 13.7. The summed E-state index contributed by atoms with van der Waals surface area (Å²) in [6.45, 7) is 0.947. The van der Waals surface area contributed by atoms with E-state index in [-0.39, 0.29) is 6.10 Å². The summed E-state index contributed by atoms with van der Waals surface area (Å²) < 4.78 is 6.08. The van der Waals surface area contributed by atoms with Gasteiger partial charge in [-0.25, -0.2) is 4.98 Å². The number of fused-ring (bicyclic) bond motifs is 2. The van der Waals surface area contributed by atoms with Crippen molar-refractivity contribution < 1.29 is 4.74 Å². The average molecular weight is 330 g/mol. The predicted octanol–water partition coefficient (Wildman–Crippen LogP) is 3.70. The van der Waals surface area contributed by atoms with Crippen LogP contribution in [0.5, 0.6) is 5.88 Å². The minimum atomic E-state index is 0.251. The van der Waals surface area contributed by atoms with Crippen LogP contribution in [0.2, 0.25) is 5.02 Å². The monoisotopic (exact) mass is 329 g/mol. The summed E-state index contributed by atoms with van der Waals surface area (Å²) in [6, 6.07) is 11.0. The number of piperidine rings is 1. The molecule has 0 aliphatic carbocycles. The van der Waals surface area contributed by atoms with Gasteiger partial charge in [-0.1, -0.05) is 17.7 Å². The van der Waals surface area contributed by atoms with Gasteiger partial charge >= 0.3 is 0 Å². The molecule has 5 heteroatoms. The van der Waals surface area contributed by atoms with Crippen molar-refractivity contribution in [2.24, 2.45) is 0 Å². The van der Waals surface area contributed by atoms with Crippen LogP contribution in [0.4, 0.5) is 0 Å². The first-order chi connectivity index (χ1) is 11.3. The molecule has 120 valence electrons. The maximum atomic E-state index is 6.08. The summed E-state index contributed by atoms with van der Waals surface area (Å²) in [4.78, 5) is 11.3.